The molecule has 0 aliphatic carbocycles. The number of nitrogens with zero attached hydrogens (tertiary/aromatic N) is 2. The molecule has 1 aliphatic rings. The predicted octanol–water partition coefficient (Wildman–Crippen LogP) is 4.52. The second-order valence-electron chi connectivity index (χ2n) is 7.26. The van der Waals surface area contributed by atoms with Gasteiger partial charge < -0.3 is 14.8 Å². The van der Waals surface area contributed by atoms with Gasteiger partial charge in [-0.25, -0.2) is 9.59 Å². The van der Waals surface area contributed by atoms with Crippen molar-refractivity contribution in [2.24, 2.45) is 0 Å². The number of carbonyl (C=O) groups excluding carboxylic acids is 2. The van der Waals surface area contributed by atoms with Crippen LogP contribution in [0.2, 0.25) is 0 Å². The fourth-order valence-corrected chi connectivity index (χ4v) is 3.43. The van der Waals surface area contributed by atoms with Gasteiger partial charge in [0, 0.05) is 18.7 Å². The number of nitro groups is 1. The van der Waals surface area contributed by atoms with Crippen LogP contribution >= 0.6 is 34.8 Å². The highest BCUT2D eigenvalue weighted by Crippen LogP contribution is 2.29. The number of nitro benzene ring substituents is 1. The number of hydrogen-bond acceptors (Lipinski definition) is 8. The topological polar surface area (TPSA) is 120 Å². The van der Waals surface area contributed by atoms with E-state index in [2.05, 4.69) is 5.32 Å². The van der Waals surface area contributed by atoms with Crippen molar-refractivity contribution in [1.82, 2.24) is 10.4 Å². The normalized spacial score (nSPS) is 18.1. The van der Waals surface area contributed by atoms with Gasteiger partial charge in [0.2, 0.25) is 0 Å². The number of halogens is 3. The molecule has 0 saturated carbocycles. The minimum absolute atomic E-state index is 0.0674. The molecule has 10 nitrogen and oxygen atoms in total. The third kappa shape index (κ3) is 7.71. The van der Waals surface area contributed by atoms with Crippen LogP contribution in [0.15, 0.2) is 54.6 Å². The highest BCUT2D eigenvalue weighted by Gasteiger charge is 2.37. The molecule has 2 atom stereocenters. The SMILES string of the molecule is O=C(Oc1ccc([N+](=O)[O-])cc1)[C@@H]1CC[C@@H](N(OCc2ccccc2)C(=O)OC(Cl)(Cl)Cl)CN1. The van der Waals surface area contributed by atoms with Crippen LogP contribution in [0, 0.1) is 10.1 Å². The average molecular weight is 533 g/mol. The van der Waals surface area contributed by atoms with Crippen LogP contribution < -0.4 is 10.1 Å². The minimum Gasteiger partial charge on any atom is -0.425 e. The fraction of sp³-hybridized carbons (Fsp3) is 0.333. The van der Waals surface area contributed by atoms with Gasteiger partial charge in [-0.15, -0.1) is 0 Å². The van der Waals surface area contributed by atoms with Gasteiger partial charge in [0.1, 0.15) is 18.4 Å². The Bertz CT molecular complexity index is 995. The summed E-state index contributed by atoms with van der Waals surface area (Å²) in [5.74, 6) is -0.383. The van der Waals surface area contributed by atoms with Crippen molar-refractivity contribution in [3.05, 3.63) is 70.3 Å². The van der Waals surface area contributed by atoms with E-state index in [4.69, 9.17) is 49.1 Å². The van der Waals surface area contributed by atoms with E-state index in [9.17, 15) is 19.7 Å². The number of benzene rings is 2. The number of esters is 1. The number of nitrogens with one attached hydrogen (secondary N) is 1. The van der Waals surface area contributed by atoms with E-state index < -0.39 is 33.0 Å². The van der Waals surface area contributed by atoms with Gasteiger partial charge in [-0.05, 0) is 65.3 Å². The fourth-order valence-electron chi connectivity index (χ4n) is 3.24. The molecule has 0 aromatic heterocycles. The molecule has 1 heterocycles. The molecule has 1 amide bonds. The third-order valence-corrected chi connectivity index (χ3v) is 5.10. The molecule has 0 spiro atoms. The summed E-state index contributed by atoms with van der Waals surface area (Å²) in [6, 6.07) is 13.1. The molecule has 1 aliphatic heterocycles. The van der Waals surface area contributed by atoms with Crippen molar-refractivity contribution >= 4 is 52.6 Å². The van der Waals surface area contributed by atoms with Crippen LogP contribution in [0.1, 0.15) is 18.4 Å². The van der Waals surface area contributed by atoms with Gasteiger partial charge in [-0.3, -0.25) is 15.0 Å². The lowest BCUT2D eigenvalue weighted by Gasteiger charge is -2.35. The quantitative estimate of drug-likeness (QED) is 0.182. The largest absolute Gasteiger partial charge is 0.437 e. The summed E-state index contributed by atoms with van der Waals surface area (Å²) in [4.78, 5) is 40.9. The van der Waals surface area contributed by atoms with Crippen molar-refractivity contribution in [2.45, 2.75) is 35.5 Å². The standard InChI is InChI=1S/C21H20Cl3N3O7/c22-21(23,24)34-20(29)26(32-13-14-4-2-1-3-5-14)16-8-11-18(25-12-16)19(28)33-17-9-6-15(7-10-17)27(30)31/h1-7,9-10,16,18,25H,8,11-13H2/t16-,18+/m1/s1. The lowest BCUT2D eigenvalue weighted by molar-refractivity contribution is -0.384. The molecular weight excluding hydrogens is 513 g/mol. The van der Waals surface area contributed by atoms with Crippen LogP contribution in [0.3, 0.4) is 0 Å². The summed E-state index contributed by atoms with van der Waals surface area (Å²) in [6.45, 7) is 0.238. The molecule has 3 rings (SSSR count). The maximum absolute atomic E-state index is 12.6. The molecule has 34 heavy (non-hydrogen) atoms. The first-order chi connectivity index (χ1) is 16.1. The zero-order valence-electron chi connectivity index (χ0n) is 17.6. The van der Waals surface area contributed by atoms with E-state index >= 15 is 0 Å². The highest BCUT2D eigenvalue weighted by atomic mass is 35.6. The van der Waals surface area contributed by atoms with Gasteiger partial charge in [-0.1, -0.05) is 30.3 Å². The van der Waals surface area contributed by atoms with Crippen LogP contribution in [0.5, 0.6) is 5.75 Å². The lowest BCUT2D eigenvalue weighted by Crippen LogP contribution is -2.54. The van der Waals surface area contributed by atoms with Gasteiger partial charge >= 0.3 is 16.0 Å². The Morgan fingerprint density at radius 1 is 1.09 bits per heavy atom. The number of piperidine rings is 1. The summed E-state index contributed by atoms with van der Waals surface area (Å²) in [6.07, 6.45) is -0.325. The molecule has 1 fully saturated rings. The van der Waals surface area contributed by atoms with Crippen molar-refractivity contribution in [1.29, 1.82) is 0 Å². The first-order valence-electron chi connectivity index (χ1n) is 10.1. The van der Waals surface area contributed by atoms with E-state index in [0.717, 1.165) is 10.6 Å². The number of carbonyl (C=O) groups is 2. The molecule has 2 aromatic rings. The molecule has 2 aromatic carbocycles. The van der Waals surface area contributed by atoms with Crippen LogP contribution in [-0.2, 0) is 21.0 Å². The van der Waals surface area contributed by atoms with Crippen LogP contribution in [0.4, 0.5) is 10.5 Å². The number of hydrogen-bond donors (Lipinski definition) is 1. The van der Waals surface area contributed by atoms with Gasteiger partial charge in [0.25, 0.3) is 5.69 Å². The number of amides is 1. The number of non-ortho nitro benzene ring substituents is 1. The molecule has 182 valence electrons. The minimum atomic E-state index is -2.27. The first-order valence-corrected chi connectivity index (χ1v) is 11.2. The maximum Gasteiger partial charge on any atom is 0.437 e. The number of hydroxylamine groups is 2. The van der Waals surface area contributed by atoms with Crippen LogP contribution in [-0.4, -0.2) is 44.7 Å². The Morgan fingerprint density at radius 3 is 2.32 bits per heavy atom. The van der Waals surface area contributed by atoms with Crippen molar-refractivity contribution in [2.75, 3.05) is 6.54 Å². The highest BCUT2D eigenvalue weighted by molar-refractivity contribution is 6.66. The summed E-state index contributed by atoms with van der Waals surface area (Å²) >= 11 is 16.8. The van der Waals surface area contributed by atoms with Crippen LogP contribution in [0.25, 0.3) is 0 Å². The van der Waals surface area contributed by atoms with E-state index in [1.54, 1.807) is 0 Å². The van der Waals surface area contributed by atoms with Crippen molar-refractivity contribution in [3.8, 4) is 5.75 Å². The molecule has 1 saturated heterocycles. The van der Waals surface area contributed by atoms with E-state index in [-0.39, 0.29) is 24.6 Å². The second kappa shape index (κ2) is 11.7. The molecule has 1 N–H and O–H groups in total. The molecule has 0 radical (unpaired) electrons. The number of ether oxygens (including phenoxy) is 2. The molecule has 0 bridgehead atoms. The lowest BCUT2D eigenvalue weighted by atomic mass is 10.0. The summed E-state index contributed by atoms with van der Waals surface area (Å²) in [5, 5.41) is 14.7. The summed E-state index contributed by atoms with van der Waals surface area (Å²) in [5.41, 5.74) is 0.693. The smallest absolute Gasteiger partial charge is 0.425 e. The molecule has 13 heteroatoms. The average Bonchev–Trinajstić information content (AvgIpc) is 2.79. The predicted molar refractivity (Wildman–Crippen MR) is 123 cm³/mol. The first kappa shape index (κ1) is 26.0. The monoisotopic (exact) mass is 531 g/mol. The zero-order chi connectivity index (χ0) is 24.7. The summed E-state index contributed by atoms with van der Waals surface area (Å²) in [7, 11) is 0. The molecular formula is C21H20Cl3N3O7. The second-order valence-corrected chi connectivity index (χ2v) is 9.44. The summed E-state index contributed by atoms with van der Waals surface area (Å²) < 4.78 is 7.83. The van der Waals surface area contributed by atoms with E-state index in [1.807, 2.05) is 30.3 Å². The maximum atomic E-state index is 12.6. The van der Waals surface area contributed by atoms with Crippen molar-refractivity contribution < 1.29 is 28.8 Å². The van der Waals surface area contributed by atoms with E-state index in [0.29, 0.717) is 12.8 Å². The molecule has 0 unspecified atom stereocenters. The Hall–Kier alpha value is -2.63. The Morgan fingerprint density at radius 2 is 1.76 bits per heavy atom. The van der Waals surface area contributed by atoms with Gasteiger partial charge in [0.05, 0.1) is 11.0 Å². The third-order valence-electron chi connectivity index (χ3n) is 4.87. The Balaban J connectivity index is 1.59. The Kier molecular flexibility index (Phi) is 8.92. The van der Waals surface area contributed by atoms with Gasteiger partial charge in [0.15, 0.2) is 0 Å². The number of alkyl halides is 3. The Labute approximate surface area is 209 Å². The van der Waals surface area contributed by atoms with Gasteiger partial charge in [-0.2, -0.15) is 5.06 Å². The van der Waals surface area contributed by atoms with Crippen molar-refractivity contribution in [3.63, 3.8) is 0 Å². The number of rotatable bonds is 7. The van der Waals surface area contributed by atoms with E-state index in [1.165, 1.54) is 24.3 Å². The zero-order valence-corrected chi connectivity index (χ0v) is 19.8.